The Bertz CT molecular complexity index is 904. The fourth-order valence-electron chi connectivity index (χ4n) is 3.39. The number of hydrogen-bond acceptors (Lipinski definition) is 5. The predicted octanol–water partition coefficient (Wildman–Crippen LogP) is 2.14. The monoisotopic (exact) mass is 387 g/mol. The summed E-state index contributed by atoms with van der Waals surface area (Å²) in [5.41, 5.74) is 7.88. The third-order valence-corrected chi connectivity index (χ3v) is 5.27. The quantitative estimate of drug-likeness (QED) is 0.811. The van der Waals surface area contributed by atoms with Crippen molar-refractivity contribution >= 4 is 21.5 Å². The second kappa shape index (κ2) is 5.82. The van der Waals surface area contributed by atoms with Crippen LogP contribution in [0.1, 0.15) is 30.9 Å². The number of allylic oxidation sites excluding steroid dienone is 1. The molecule has 0 saturated carbocycles. The van der Waals surface area contributed by atoms with Crippen molar-refractivity contribution in [3.05, 3.63) is 62.0 Å². The van der Waals surface area contributed by atoms with Gasteiger partial charge in [0.25, 0.3) is 5.56 Å². The maximum absolute atomic E-state index is 12.2. The van der Waals surface area contributed by atoms with Crippen LogP contribution >= 0.6 is 15.9 Å². The Morgan fingerprint density at radius 1 is 1.33 bits per heavy atom. The summed E-state index contributed by atoms with van der Waals surface area (Å²) in [5.74, 6) is 0.693. The van der Waals surface area contributed by atoms with Gasteiger partial charge in [0.15, 0.2) is 5.82 Å². The first-order chi connectivity index (χ1) is 11.5. The molecule has 2 aliphatic heterocycles. The van der Waals surface area contributed by atoms with Gasteiger partial charge in [0.2, 0.25) is 0 Å². The zero-order chi connectivity index (χ0) is 16.8. The second-order valence-corrected chi connectivity index (χ2v) is 7.18. The Hall–Kier alpha value is -1.99. The van der Waals surface area contributed by atoms with Crippen LogP contribution in [-0.2, 0) is 13.0 Å². The molecular formula is C17H18BrN5O. The van der Waals surface area contributed by atoms with Gasteiger partial charge in [0.1, 0.15) is 6.17 Å². The van der Waals surface area contributed by atoms with Gasteiger partial charge in [-0.25, -0.2) is 9.66 Å². The Kier molecular flexibility index (Phi) is 3.77. The van der Waals surface area contributed by atoms with Crippen LogP contribution in [0.5, 0.6) is 0 Å². The smallest absolute Gasteiger partial charge is 0.272 e. The average molecular weight is 388 g/mol. The van der Waals surface area contributed by atoms with Crippen LogP contribution in [-0.4, -0.2) is 32.3 Å². The first kappa shape index (κ1) is 15.5. The Morgan fingerprint density at radius 2 is 2.17 bits per heavy atom. The van der Waals surface area contributed by atoms with Crippen LogP contribution in [0.2, 0.25) is 0 Å². The molecule has 124 valence electrons. The van der Waals surface area contributed by atoms with Crippen molar-refractivity contribution in [1.29, 1.82) is 0 Å². The van der Waals surface area contributed by atoms with Gasteiger partial charge in [-0.1, -0.05) is 0 Å². The first-order valence-electron chi connectivity index (χ1n) is 7.94. The number of pyridine rings is 1. The molecule has 1 atom stereocenters. The average Bonchev–Trinajstić information content (AvgIpc) is 2.58. The molecule has 0 amide bonds. The number of fused-ring (bicyclic) bond motifs is 2. The molecule has 0 radical (unpaired) electrons. The molecule has 2 aromatic rings. The van der Waals surface area contributed by atoms with E-state index in [1.165, 1.54) is 17.2 Å². The lowest BCUT2D eigenvalue weighted by atomic mass is 10.0. The topological polar surface area (TPSA) is 63.1 Å². The van der Waals surface area contributed by atoms with Crippen molar-refractivity contribution in [3.8, 4) is 0 Å². The fraction of sp³-hybridized carbons (Fsp3) is 0.353. The molecule has 0 aromatic carbocycles. The van der Waals surface area contributed by atoms with Crippen molar-refractivity contribution in [2.24, 2.45) is 0 Å². The van der Waals surface area contributed by atoms with E-state index in [0.29, 0.717) is 5.82 Å². The van der Waals surface area contributed by atoms with Crippen LogP contribution in [0.25, 0.3) is 5.57 Å². The zero-order valence-corrected chi connectivity index (χ0v) is 15.2. The first-order valence-corrected chi connectivity index (χ1v) is 8.73. The highest BCUT2D eigenvalue weighted by Gasteiger charge is 2.30. The minimum Gasteiger partial charge on any atom is -0.300 e. The number of nitrogens with one attached hydrogen (secondary N) is 1. The van der Waals surface area contributed by atoms with Crippen LogP contribution in [0.15, 0.2) is 39.4 Å². The fourth-order valence-corrected chi connectivity index (χ4v) is 3.77. The van der Waals surface area contributed by atoms with Gasteiger partial charge in [-0.3, -0.25) is 20.1 Å². The van der Waals surface area contributed by atoms with Crippen molar-refractivity contribution in [2.45, 2.75) is 33.0 Å². The van der Waals surface area contributed by atoms with Crippen molar-refractivity contribution in [3.63, 3.8) is 0 Å². The lowest BCUT2D eigenvalue weighted by molar-refractivity contribution is 0.204. The molecule has 2 aliphatic rings. The summed E-state index contributed by atoms with van der Waals surface area (Å²) < 4.78 is 2.55. The largest absolute Gasteiger partial charge is 0.300 e. The third kappa shape index (κ3) is 2.48. The Morgan fingerprint density at radius 3 is 3.00 bits per heavy atom. The molecule has 4 rings (SSSR count). The summed E-state index contributed by atoms with van der Waals surface area (Å²) in [6.45, 7) is 5.82. The summed E-state index contributed by atoms with van der Waals surface area (Å²) in [5, 5.41) is 0. The molecule has 6 nitrogen and oxygen atoms in total. The van der Waals surface area contributed by atoms with E-state index in [1.807, 2.05) is 13.1 Å². The van der Waals surface area contributed by atoms with E-state index in [1.54, 1.807) is 10.9 Å². The molecule has 2 aromatic heterocycles. The zero-order valence-electron chi connectivity index (χ0n) is 13.6. The summed E-state index contributed by atoms with van der Waals surface area (Å²) >= 11 is 3.50. The van der Waals surface area contributed by atoms with Crippen molar-refractivity contribution in [1.82, 2.24) is 19.5 Å². The van der Waals surface area contributed by atoms with Crippen LogP contribution < -0.4 is 11.0 Å². The maximum atomic E-state index is 12.2. The molecule has 1 N–H and O–H groups in total. The molecule has 4 heterocycles. The van der Waals surface area contributed by atoms with Gasteiger partial charge in [0.05, 0.1) is 0 Å². The predicted molar refractivity (Wildman–Crippen MR) is 96.0 cm³/mol. The number of rotatable bonds is 1. The Labute approximate surface area is 148 Å². The van der Waals surface area contributed by atoms with Crippen molar-refractivity contribution in [2.75, 3.05) is 12.0 Å². The molecule has 0 fully saturated rings. The minimum atomic E-state index is -0.0846. The summed E-state index contributed by atoms with van der Waals surface area (Å²) in [6, 6.07) is 3.61. The summed E-state index contributed by atoms with van der Waals surface area (Å²) in [6.07, 6.45) is 4.30. The second-order valence-electron chi connectivity index (χ2n) is 6.26. The molecule has 0 bridgehead atoms. The van der Waals surface area contributed by atoms with Gasteiger partial charge in [-0.05, 0) is 52.6 Å². The van der Waals surface area contributed by atoms with E-state index in [-0.39, 0.29) is 11.7 Å². The molecular weight excluding hydrogens is 370 g/mol. The Balaban J connectivity index is 1.70. The van der Waals surface area contributed by atoms with E-state index in [0.717, 1.165) is 35.3 Å². The van der Waals surface area contributed by atoms with Gasteiger partial charge in [-0.15, -0.1) is 0 Å². The highest BCUT2D eigenvalue weighted by Crippen LogP contribution is 2.28. The molecule has 7 heteroatoms. The van der Waals surface area contributed by atoms with E-state index < -0.39 is 0 Å². The van der Waals surface area contributed by atoms with Gasteiger partial charge in [-0.2, -0.15) is 0 Å². The lowest BCUT2D eigenvalue weighted by Gasteiger charge is -2.39. The van der Waals surface area contributed by atoms with Crippen LogP contribution in [0.3, 0.4) is 0 Å². The highest BCUT2D eigenvalue weighted by molar-refractivity contribution is 9.10. The molecule has 24 heavy (non-hydrogen) atoms. The number of hydrogen-bond donors (Lipinski definition) is 1. The van der Waals surface area contributed by atoms with Crippen molar-refractivity contribution < 1.29 is 0 Å². The van der Waals surface area contributed by atoms with E-state index in [9.17, 15) is 4.79 Å². The van der Waals surface area contributed by atoms with Crippen LogP contribution in [0, 0.1) is 0 Å². The molecule has 1 unspecified atom stereocenters. The van der Waals surface area contributed by atoms with Crippen LogP contribution in [0.4, 0.5) is 0 Å². The maximum Gasteiger partial charge on any atom is 0.272 e. The standard InChI is InChI=1S/C17H18BrN5O/c1-10-11(2)17(21-23-15(24)3-5-19-16(10)23)22-6-4-14-12(9-22)7-13(18)8-20-14/h3,5,7-8,17,21H,4,6,9H2,1-2H3. The van der Waals surface area contributed by atoms with E-state index in [2.05, 4.69) is 49.2 Å². The minimum absolute atomic E-state index is 0.0217. The normalized spacial score (nSPS) is 20.4. The van der Waals surface area contributed by atoms with Gasteiger partial charge in [0, 0.05) is 48.1 Å². The molecule has 0 aliphatic carbocycles. The SMILES string of the molecule is CC1=C(C)C(N2CCc3ncc(Br)cc3C2)Nn2c1nccc2=O. The lowest BCUT2D eigenvalue weighted by Crippen LogP contribution is -2.52. The third-order valence-electron chi connectivity index (χ3n) is 4.84. The van der Waals surface area contributed by atoms with E-state index in [4.69, 9.17) is 0 Å². The number of aromatic nitrogens is 3. The summed E-state index contributed by atoms with van der Waals surface area (Å²) in [7, 11) is 0. The molecule has 0 saturated heterocycles. The summed E-state index contributed by atoms with van der Waals surface area (Å²) in [4.78, 5) is 23.4. The van der Waals surface area contributed by atoms with E-state index >= 15 is 0 Å². The number of halogens is 1. The highest BCUT2D eigenvalue weighted by atomic mass is 79.9. The van der Waals surface area contributed by atoms with Gasteiger partial charge >= 0.3 is 0 Å². The number of nitrogens with zero attached hydrogens (tertiary/aromatic N) is 4. The molecule has 0 spiro atoms. The van der Waals surface area contributed by atoms with Gasteiger partial charge < -0.3 is 0 Å².